The number of carbonyl (C=O) groups is 3. The molecular weight excluding hydrogens is 1760 g/mol. The Morgan fingerprint density at radius 2 is 1.12 bits per heavy atom. The summed E-state index contributed by atoms with van der Waals surface area (Å²) in [6.07, 6.45) is 9.47. The van der Waals surface area contributed by atoms with E-state index in [1.807, 2.05) is 225 Å². The minimum atomic E-state index is -0.987. The highest BCUT2D eigenvalue weighted by atomic mass is 35.5. The minimum absolute atomic E-state index is 0.0288. The van der Waals surface area contributed by atoms with E-state index in [1.54, 1.807) is 104 Å². The van der Waals surface area contributed by atoms with Crippen molar-refractivity contribution in [3.63, 3.8) is 0 Å². The van der Waals surface area contributed by atoms with Gasteiger partial charge in [0.05, 0.1) is 70.0 Å². The van der Waals surface area contributed by atoms with Gasteiger partial charge in [-0.25, -0.2) is 18.6 Å². The predicted molar refractivity (Wildman–Crippen MR) is 530 cm³/mol. The van der Waals surface area contributed by atoms with E-state index in [-0.39, 0.29) is 78.5 Å². The molecule has 1 aliphatic rings. The van der Waals surface area contributed by atoms with Crippen LogP contribution in [0.5, 0.6) is 0 Å². The van der Waals surface area contributed by atoms with Crippen LogP contribution in [0.1, 0.15) is 105 Å². The van der Waals surface area contributed by atoms with Crippen LogP contribution >= 0.6 is 34.5 Å². The summed E-state index contributed by atoms with van der Waals surface area (Å²) in [5.74, 6) is -1.49. The van der Waals surface area contributed by atoms with Crippen molar-refractivity contribution in [1.82, 2.24) is 33.1 Å². The van der Waals surface area contributed by atoms with Crippen molar-refractivity contribution >= 4 is 63.5 Å². The number of morpholine rings is 1. The Bertz CT molecular complexity index is 7370. The predicted octanol–water partition coefficient (Wildman–Crippen LogP) is 22.5. The molecule has 0 bridgehead atoms. The molecule has 0 atom stereocenters. The molecule has 0 spiro atoms. The molecule has 1 saturated heterocycles. The van der Waals surface area contributed by atoms with Gasteiger partial charge >= 0.3 is 0 Å². The van der Waals surface area contributed by atoms with Gasteiger partial charge in [-0.2, -0.15) is 10.5 Å². The van der Waals surface area contributed by atoms with Gasteiger partial charge in [0.1, 0.15) is 23.0 Å². The van der Waals surface area contributed by atoms with E-state index >= 15 is 0 Å². The Labute approximate surface area is 792 Å². The SMILES string of the molecule is CCCCn1c(C)c(-c2ccccc2)cc(C(=O)NCc2ccccc2)c1=O.N#Cc1ccccc1-c1cc(-c2cccc(N3CCOCC3)n2)cn(-c2ccccc2)c1=O.N#Cc1ccccc1-c1cc(C(=O)Cc2ccccc2)cn(-c2ccccc2)c1=O.O=C(c1ccc(=O)n(-c2c(Cl)cccc2Cl)c1)c1ccc(F)cc1F.[C-]#[N+]c1c(-c2cccs2)ccn(CCC(C)C)c1=O. The second-order valence-electron chi connectivity index (χ2n) is 31.6. The number of anilines is 1. The molecule has 1 amide bonds. The fraction of sp³-hybridized carbons (Fsp3) is 0.145. The van der Waals surface area contributed by atoms with Crippen molar-refractivity contribution in [3.8, 4) is 84.3 Å². The van der Waals surface area contributed by atoms with Gasteiger partial charge in [-0.05, 0) is 157 Å². The van der Waals surface area contributed by atoms with E-state index < -0.39 is 23.0 Å². The number of carbonyl (C=O) groups excluding carboxylic acids is 3. The summed E-state index contributed by atoms with van der Waals surface area (Å²) >= 11 is 13.7. The first-order valence-electron chi connectivity index (χ1n) is 43.5. The zero-order valence-corrected chi connectivity index (χ0v) is 76.5. The third kappa shape index (κ3) is 24.3. The summed E-state index contributed by atoms with van der Waals surface area (Å²) in [7, 11) is 0. The number of nitrogens with one attached hydrogen (secondary N) is 1. The largest absolute Gasteiger partial charge is 0.378 e. The normalized spacial score (nSPS) is 11.3. The summed E-state index contributed by atoms with van der Waals surface area (Å²) < 4.78 is 39.9. The number of para-hydroxylation sites is 3. The standard InChI is InChI=1S/C27H22N4O2.C26H18N2O2.C24H26N2O2.C18H9Cl2F2NO2.C15H16N2OS/c28-18-20-7-4-5-10-23(20)24-17-21(19-31(27(24)32)22-8-2-1-3-9-22)25-11-6-12-26(29-25)30-13-15-33-16-14-30;27-17-20-11-7-8-14-23(20)24-16-21(25(29)15-19-9-3-1-4-10-19)18-28(26(24)30)22-12-5-2-6-13-22;1-3-4-15-26-18(2)21(20-13-9-6-10-14-20)16-22(24(26)28)23(27)25-17-19-11-7-5-8-12-19;19-13-2-1-3-14(20)17(13)23-9-10(4-7-16(23)24)18(25)12-6-5-11(21)8-15(12)22;1-11(2)6-8-17-9-7-12(13-5-4-10-19-13)14(16-3)15(17)18/h1-12,17,19H,13-16H2;1-14,16,18H,15H2;5-14,16H,3-4,15,17H2,1-2H3,(H,25,27);1-9H;4-5,7,9-11H,6,8H2,1-2H3. The second-order valence-corrected chi connectivity index (χ2v) is 33.3. The molecular formula is C110H91Cl2F2N11O9S. The van der Waals surface area contributed by atoms with Crippen LogP contribution in [-0.2, 0) is 30.8 Å². The summed E-state index contributed by atoms with van der Waals surface area (Å²) in [5, 5.41) is 24.4. The van der Waals surface area contributed by atoms with Gasteiger partial charge in [0.2, 0.25) is 0 Å². The van der Waals surface area contributed by atoms with Crippen LogP contribution in [0.2, 0.25) is 10.0 Å². The Balaban J connectivity index is 0.000000144. The maximum absolute atomic E-state index is 13.8. The quantitative estimate of drug-likeness (QED) is 0.0463. The zero-order chi connectivity index (χ0) is 95.4. The maximum Gasteiger partial charge on any atom is 0.263 e. The lowest BCUT2D eigenvalue weighted by atomic mass is 9.97. The number of pyridine rings is 6. The van der Waals surface area contributed by atoms with Gasteiger partial charge in [0.15, 0.2) is 11.6 Å². The van der Waals surface area contributed by atoms with Crippen LogP contribution < -0.4 is 38.0 Å². The fourth-order valence-corrected chi connectivity index (χ4v) is 16.3. The first-order chi connectivity index (χ1) is 65.5. The number of halogens is 4. The third-order valence-electron chi connectivity index (χ3n) is 22.1. The number of ketones is 2. The van der Waals surface area contributed by atoms with Crippen molar-refractivity contribution < 1.29 is 27.9 Å². The monoisotopic (exact) mass is 1850 g/mol. The van der Waals surface area contributed by atoms with Crippen LogP contribution in [-0.4, -0.2) is 71.6 Å². The van der Waals surface area contributed by atoms with Crippen LogP contribution in [0, 0.1) is 53.7 Å². The van der Waals surface area contributed by atoms with Crippen LogP contribution in [0.15, 0.2) is 357 Å². The average Bonchev–Trinajstić information content (AvgIpc) is 1.35. The van der Waals surface area contributed by atoms with Gasteiger partial charge in [-0.3, -0.25) is 52.1 Å². The van der Waals surface area contributed by atoms with Crippen LogP contribution in [0.3, 0.4) is 0 Å². The molecule has 1 aliphatic heterocycles. The van der Waals surface area contributed by atoms with Crippen molar-refractivity contribution in [2.75, 3.05) is 31.2 Å². The van der Waals surface area contributed by atoms with Gasteiger partial charge in [-0.1, -0.05) is 232 Å². The summed E-state index contributed by atoms with van der Waals surface area (Å²) in [6, 6.07) is 92.8. The number of hydrogen-bond donors (Lipinski definition) is 1. The number of nitriles is 2. The van der Waals surface area contributed by atoms with E-state index in [0.717, 1.165) is 116 Å². The van der Waals surface area contributed by atoms with Crippen molar-refractivity contribution in [1.29, 1.82) is 10.5 Å². The Kier molecular flexibility index (Phi) is 33.4. The van der Waals surface area contributed by atoms with Crippen LogP contribution in [0.25, 0.3) is 77.0 Å². The number of nitrogens with zero attached hydrogens (tertiary/aromatic N) is 10. The molecule has 9 aromatic carbocycles. The molecule has 0 saturated carbocycles. The molecule has 25 heteroatoms. The maximum atomic E-state index is 13.8. The smallest absolute Gasteiger partial charge is 0.263 e. The molecule has 0 radical (unpaired) electrons. The number of aryl methyl sites for hydroxylation is 1. The number of unbranched alkanes of at least 4 members (excludes halogenated alkanes) is 1. The topological polar surface area (TPSA) is 251 Å². The summed E-state index contributed by atoms with van der Waals surface area (Å²) in [5.41, 5.74) is 10.7. The number of thiophene rings is 1. The van der Waals surface area contributed by atoms with Gasteiger partial charge in [0, 0.05) is 148 Å². The number of ether oxygens (including phenoxy) is 1. The number of aromatic nitrogens is 6. The third-order valence-corrected chi connectivity index (χ3v) is 23.6. The zero-order valence-electron chi connectivity index (χ0n) is 74.2. The Hall–Kier alpha value is -15.9. The fourth-order valence-electron chi connectivity index (χ4n) is 15.0. The van der Waals surface area contributed by atoms with E-state index in [4.69, 9.17) is 39.5 Å². The lowest BCUT2D eigenvalue weighted by molar-refractivity contribution is 0.0946. The molecule has 16 aromatic rings. The van der Waals surface area contributed by atoms with Crippen molar-refractivity contribution in [2.45, 2.75) is 73.0 Å². The molecule has 0 aliphatic carbocycles. The molecule has 1 N–H and O–H groups in total. The highest BCUT2D eigenvalue weighted by Crippen LogP contribution is 2.34. The van der Waals surface area contributed by atoms with E-state index in [9.17, 15) is 57.7 Å². The second kappa shape index (κ2) is 46.7. The molecule has 135 heavy (non-hydrogen) atoms. The van der Waals surface area contributed by atoms with Gasteiger partial charge < -0.3 is 24.1 Å². The van der Waals surface area contributed by atoms with E-state index in [1.165, 1.54) is 16.8 Å². The molecule has 20 nitrogen and oxygen atoms in total. The summed E-state index contributed by atoms with van der Waals surface area (Å²) in [4.78, 5) is 114. The molecule has 674 valence electrons. The van der Waals surface area contributed by atoms with Crippen LogP contribution in [0.4, 0.5) is 20.3 Å². The molecule has 1 fully saturated rings. The number of amides is 1. The van der Waals surface area contributed by atoms with E-state index in [2.05, 4.69) is 48.0 Å². The van der Waals surface area contributed by atoms with Gasteiger partial charge in [0.25, 0.3) is 39.4 Å². The Morgan fingerprint density at radius 3 is 1.70 bits per heavy atom. The first-order valence-corrected chi connectivity index (χ1v) is 45.1. The van der Waals surface area contributed by atoms with E-state index in [0.29, 0.717) is 89.5 Å². The summed E-state index contributed by atoms with van der Waals surface area (Å²) in [6.45, 7) is 20.2. The number of Topliss-reactive ketones (excluding diaryl/α,β-unsaturated/α-hetero) is 1. The van der Waals surface area contributed by atoms with Gasteiger partial charge in [-0.15, -0.1) is 11.3 Å². The highest BCUT2D eigenvalue weighted by molar-refractivity contribution is 7.13. The lowest BCUT2D eigenvalue weighted by Gasteiger charge is -2.28. The number of rotatable bonds is 23. The number of benzene rings is 9. The molecule has 8 heterocycles. The Morgan fingerprint density at radius 1 is 0.548 bits per heavy atom. The highest BCUT2D eigenvalue weighted by Gasteiger charge is 2.25. The average molecular weight is 1850 g/mol. The molecule has 7 aromatic heterocycles. The molecule has 0 unspecified atom stereocenters. The number of hydrogen-bond acceptors (Lipinski definition) is 14. The van der Waals surface area contributed by atoms with Crippen molar-refractivity contribution in [2.24, 2.45) is 5.92 Å². The minimum Gasteiger partial charge on any atom is -0.378 e. The molecule has 17 rings (SSSR count). The van der Waals surface area contributed by atoms with Crippen molar-refractivity contribution in [3.05, 3.63) is 469 Å². The lowest BCUT2D eigenvalue weighted by Crippen LogP contribution is -2.36. The first kappa shape index (κ1) is 96.6.